The molecule has 106 valence electrons. The molecule has 0 spiro atoms. The van der Waals surface area contributed by atoms with Crippen LogP contribution in [0, 0.1) is 0 Å². The third kappa shape index (κ3) is 2.96. The largest absolute Gasteiger partial charge is 0.433 e. The SMILES string of the molecule is CS(=O)(=O)c1ccc(C(F)(F)F)nc1-c1ccccn1. The molecule has 0 fully saturated rings. The Morgan fingerprint density at radius 1 is 1.10 bits per heavy atom. The van der Waals surface area contributed by atoms with Crippen molar-refractivity contribution in [2.24, 2.45) is 0 Å². The molecule has 2 aromatic heterocycles. The monoisotopic (exact) mass is 302 g/mol. The number of hydrogen-bond donors (Lipinski definition) is 0. The third-order valence-corrected chi connectivity index (χ3v) is 3.58. The van der Waals surface area contributed by atoms with Crippen LogP contribution >= 0.6 is 0 Å². The van der Waals surface area contributed by atoms with Gasteiger partial charge >= 0.3 is 6.18 Å². The minimum absolute atomic E-state index is 0.0685. The van der Waals surface area contributed by atoms with Crippen molar-refractivity contribution in [3.63, 3.8) is 0 Å². The zero-order valence-corrected chi connectivity index (χ0v) is 11.0. The fraction of sp³-hybridized carbons (Fsp3) is 0.167. The maximum atomic E-state index is 12.7. The topological polar surface area (TPSA) is 59.9 Å². The van der Waals surface area contributed by atoms with E-state index in [0.717, 1.165) is 12.3 Å². The van der Waals surface area contributed by atoms with Crippen LogP contribution in [0.5, 0.6) is 0 Å². The zero-order valence-electron chi connectivity index (χ0n) is 10.2. The van der Waals surface area contributed by atoms with E-state index in [-0.39, 0.29) is 16.3 Å². The lowest BCUT2D eigenvalue weighted by atomic mass is 10.2. The van der Waals surface area contributed by atoms with E-state index in [9.17, 15) is 21.6 Å². The Balaban J connectivity index is 2.74. The van der Waals surface area contributed by atoms with Gasteiger partial charge in [-0.15, -0.1) is 0 Å². The second-order valence-electron chi connectivity index (χ2n) is 4.03. The summed E-state index contributed by atoms with van der Waals surface area (Å²) in [7, 11) is -3.71. The molecule has 0 saturated carbocycles. The first kappa shape index (κ1) is 14.4. The summed E-state index contributed by atoms with van der Waals surface area (Å²) in [5.41, 5.74) is -1.40. The predicted molar refractivity (Wildman–Crippen MR) is 65.6 cm³/mol. The predicted octanol–water partition coefficient (Wildman–Crippen LogP) is 2.57. The van der Waals surface area contributed by atoms with E-state index in [1.165, 1.54) is 18.3 Å². The average Bonchev–Trinajstić information content (AvgIpc) is 2.37. The first-order chi connectivity index (χ1) is 9.19. The van der Waals surface area contributed by atoms with Crippen molar-refractivity contribution >= 4 is 9.84 Å². The van der Waals surface area contributed by atoms with Crippen LogP contribution in [0.1, 0.15) is 5.69 Å². The van der Waals surface area contributed by atoms with Crippen LogP contribution in [0.2, 0.25) is 0 Å². The second kappa shape index (κ2) is 4.86. The van der Waals surface area contributed by atoms with Crippen LogP contribution in [-0.4, -0.2) is 24.6 Å². The van der Waals surface area contributed by atoms with E-state index in [4.69, 9.17) is 0 Å². The third-order valence-electron chi connectivity index (χ3n) is 2.46. The molecule has 0 bridgehead atoms. The normalized spacial score (nSPS) is 12.4. The number of alkyl halides is 3. The number of aromatic nitrogens is 2. The maximum absolute atomic E-state index is 12.7. The Morgan fingerprint density at radius 3 is 2.30 bits per heavy atom. The molecule has 0 radical (unpaired) electrons. The zero-order chi connectivity index (χ0) is 15.0. The Morgan fingerprint density at radius 2 is 1.80 bits per heavy atom. The van der Waals surface area contributed by atoms with Gasteiger partial charge in [0.15, 0.2) is 9.84 Å². The lowest BCUT2D eigenvalue weighted by Crippen LogP contribution is -2.11. The summed E-state index contributed by atoms with van der Waals surface area (Å²) in [6, 6.07) is 6.04. The summed E-state index contributed by atoms with van der Waals surface area (Å²) >= 11 is 0. The van der Waals surface area contributed by atoms with Gasteiger partial charge in [-0.25, -0.2) is 13.4 Å². The summed E-state index contributed by atoms with van der Waals surface area (Å²) in [4.78, 5) is 6.98. The van der Waals surface area contributed by atoms with Crippen LogP contribution < -0.4 is 0 Å². The van der Waals surface area contributed by atoms with Crippen LogP contribution in [0.25, 0.3) is 11.4 Å². The van der Waals surface area contributed by atoms with E-state index < -0.39 is 21.7 Å². The van der Waals surface area contributed by atoms with E-state index >= 15 is 0 Å². The highest BCUT2D eigenvalue weighted by Crippen LogP contribution is 2.32. The second-order valence-corrected chi connectivity index (χ2v) is 6.01. The highest BCUT2D eigenvalue weighted by Gasteiger charge is 2.34. The molecule has 2 heterocycles. The first-order valence-electron chi connectivity index (χ1n) is 5.39. The Hall–Kier alpha value is -1.96. The molecular formula is C12H9F3N2O2S. The van der Waals surface area contributed by atoms with Crippen molar-refractivity contribution in [2.45, 2.75) is 11.1 Å². The number of pyridine rings is 2. The van der Waals surface area contributed by atoms with Gasteiger partial charge in [0.25, 0.3) is 0 Å². The fourth-order valence-corrected chi connectivity index (χ4v) is 2.41. The van der Waals surface area contributed by atoms with Gasteiger partial charge in [0, 0.05) is 12.5 Å². The molecule has 0 aliphatic rings. The molecule has 4 nitrogen and oxygen atoms in total. The quantitative estimate of drug-likeness (QED) is 0.855. The van der Waals surface area contributed by atoms with E-state index in [2.05, 4.69) is 9.97 Å². The molecule has 0 atom stereocenters. The van der Waals surface area contributed by atoms with E-state index in [0.29, 0.717) is 6.07 Å². The maximum Gasteiger partial charge on any atom is 0.433 e. The van der Waals surface area contributed by atoms with Gasteiger partial charge in [-0.3, -0.25) is 4.98 Å². The lowest BCUT2D eigenvalue weighted by Gasteiger charge is -2.11. The van der Waals surface area contributed by atoms with Crippen LogP contribution in [-0.2, 0) is 16.0 Å². The molecule has 0 amide bonds. The molecule has 0 N–H and O–H groups in total. The van der Waals surface area contributed by atoms with Gasteiger partial charge in [0.1, 0.15) is 11.4 Å². The van der Waals surface area contributed by atoms with Crippen molar-refractivity contribution in [1.29, 1.82) is 0 Å². The Labute approximate surface area is 113 Å². The number of nitrogens with zero attached hydrogens (tertiary/aromatic N) is 2. The molecule has 0 aliphatic heterocycles. The summed E-state index contributed by atoms with van der Waals surface area (Å²) in [6.45, 7) is 0. The van der Waals surface area contributed by atoms with Gasteiger partial charge in [-0.2, -0.15) is 13.2 Å². The van der Waals surface area contributed by atoms with Crippen molar-refractivity contribution in [2.75, 3.05) is 6.26 Å². The summed E-state index contributed by atoms with van der Waals surface area (Å²) in [5, 5.41) is 0. The fourth-order valence-electron chi connectivity index (χ4n) is 1.59. The Bertz CT molecular complexity index is 728. The van der Waals surface area contributed by atoms with E-state index in [1.54, 1.807) is 6.07 Å². The average molecular weight is 302 g/mol. The molecule has 0 unspecified atom stereocenters. The van der Waals surface area contributed by atoms with Crippen LogP contribution in [0.3, 0.4) is 0 Å². The number of sulfone groups is 1. The molecule has 8 heteroatoms. The Kier molecular flexibility index (Phi) is 3.51. The van der Waals surface area contributed by atoms with Crippen LogP contribution in [0.15, 0.2) is 41.4 Å². The van der Waals surface area contributed by atoms with Crippen molar-refractivity contribution in [3.05, 3.63) is 42.2 Å². The van der Waals surface area contributed by atoms with Crippen molar-refractivity contribution in [1.82, 2.24) is 9.97 Å². The number of hydrogen-bond acceptors (Lipinski definition) is 4. The van der Waals surface area contributed by atoms with Gasteiger partial charge in [0.05, 0.1) is 10.6 Å². The van der Waals surface area contributed by atoms with Gasteiger partial charge in [-0.05, 0) is 24.3 Å². The smallest absolute Gasteiger partial charge is 0.255 e. The lowest BCUT2D eigenvalue weighted by molar-refractivity contribution is -0.141. The minimum atomic E-state index is -4.65. The van der Waals surface area contributed by atoms with Crippen molar-refractivity contribution < 1.29 is 21.6 Å². The minimum Gasteiger partial charge on any atom is -0.255 e. The highest BCUT2D eigenvalue weighted by atomic mass is 32.2. The molecule has 20 heavy (non-hydrogen) atoms. The number of halogens is 3. The van der Waals surface area contributed by atoms with Gasteiger partial charge in [-0.1, -0.05) is 6.07 Å². The molecule has 0 saturated heterocycles. The standard InChI is InChI=1S/C12H9F3N2O2S/c1-20(18,19)9-5-6-10(12(13,14)15)17-11(9)8-4-2-3-7-16-8/h2-7H,1H3. The van der Waals surface area contributed by atoms with E-state index in [1.807, 2.05) is 0 Å². The van der Waals surface area contributed by atoms with Crippen molar-refractivity contribution in [3.8, 4) is 11.4 Å². The summed E-state index contributed by atoms with van der Waals surface area (Å²) in [5.74, 6) is 0. The first-order valence-corrected chi connectivity index (χ1v) is 7.28. The summed E-state index contributed by atoms with van der Waals surface area (Å²) in [6.07, 6.45) is -2.40. The molecular weight excluding hydrogens is 293 g/mol. The molecule has 0 aliphatic carbocycles. The molecule has 2 rings (SSSR count). The highest BCUT2D eigenvalue weighted by molar-refractivity contribution is 7.90. The van der Waals surface area contributed by atoms with Gasteiger partial charge < -0.3 is 0 Å². The van der Waals surface area contributed by atoms with Crippen LogP contribution in [0.4, 0.5) is 13.2 Å². The van der Waals surface area contributed by atoms with Gasteiger partial charge in [0.2, 0.25) is 0 Å². The molecule has 2 aromatic rings. The summed E-state index contributed by atoms with van der Waals surface area (Å²) < 4.78 is 61.3. The molecule has 0 aromatic carbocycles. The number of rotatable bonds is 2.